The molecule has 1 amide bonds. The molecule has 0 aromatic heterocycles. The van der Waals surface area contributed by atoms with Gasteiger partial charge < -0.3 is 14.4 Å². The van der Waals surface area contributed by atoms with E-state index in [1.807, 2.05) is 0 Å². The second kappa shape index (κ2) is 8.76. The summed E-state index contributed by atoms with van der Waals surface area (Å²) in [7, 11) is -1.08. The predicted octanol–water partition coefficient (Wildman–Crippen LogP) is 0.118. The van der Waals surface area contributed by atoms with Crippen LogP contribution in [0.4, 0.5) is 0 Å². The number of hydrogen-bond donors (Lipinski definition) is 1. The highest BCUT2D eigenvalue weighted by Gasteiger charge is 2.21. The van der Waals surface area contributed by atoms with Crippen molar-refractivity contribution in [3.63, 3.8) is 0 Å². The number of hydrogen-bond acceptors (Lipinski definition) is 6. The van der Waals surface area contributed by atoms with Gasteiger partial charge in [-0.1, -0.05) is 19.1 Å². The van der Waals surface area contributed by atoms with E-state index in [-0.39, 0.29) is 30.5 Å². The van der Waals surface area contributed by atoms with Crippen molar-refractivity contribution < 1.29 is 27.5 Å². The van der Waals surface area contributed by atoms with E-state index in [0.29, 0.717) is 5.56 Å². The Morgan fingerprint density at radius 3 is 2.25 bits per heavy atom. The van der Waals surface area contributed by atoms with E-state index in [0.717, 1.165) is 0 Å². The third-order valence-electron chi connectivity index (χ3n) is 3.34. The summed E-state index contributed by atoms with van der Waals surface area (Å²) in [6.07, 6.45) is 0. The van der Waals surface area contributed by atoms with Gasteiger partial charge in [-0.05, 0) is 17.7 Å². The molecule has 134 valence electrons. The number of carbonyl (C=O) groups is 2. The summed E-state index contributed by atoms with van der Waals surface area (Å²) in [5, 5.41) is 5.05. The van der Waals surface area contributed by atoms with Gasteiger partial charge in [-0.3, -0.25) is 9.59 Å². The minimum absolute atomic E-state index is 0.0102. The van der Waals surface area contributed by atoms with Crippen molar-refractivity contribution in [2.45, 2.75) is 18.4 Å². The number of amides is 1. The first kappa shape index (κ1) is 20.1. The third-order valence-corrected chi connectivity index (χ3v) is 4.27. The average molecular weight is 358 g/mol. The van der Waals surface area contributed by atoms with Crippen LogP contribution in [-0.4, -0.2) is 52.6 Å². The molecule has 0 aliphatic rings. The van der Waals surface area contributed by atoms with Crippen LogP contribution in [-0.2, 0) is 35.6 Å². The molecule has 0 spiro atoms. The smallest absolute Gasteiger partial charge is 0.310 e. The highest BCUT2D eigenvalue weighted by molar-refractivity contribution is 7.89. The van der Waals surface area contributed by atoms with Crippen LogP contribution in [0.15, 0.2) is 29.2 Å². The number of esters is 1. The topological polar surface area (TPSA) is 116 Å². The molecule has 9 heteroatoms. The van der Waals surface area contributed by atoms with E-state index in [9.17, 15) is 18.0 Å². The van der Waals surface area contributed by atoms with E-state index >= 15 is 0 Å². The summed E-state index contributed by atoms with van der Waals surface area (Å²) in [6.45, 7) is 1.90. The lowest BCUT2D eigenvalue weighted by Crippen LogP contribution is -2.38. The first-order chi connectivity index (χ1) is 11.2. The molecular weight excluding hydrogens is 336 g/mol. The Hall–Kier alpha value is -1.97. The Morgan fingerprint density at radius 1 is 1.21 bits per heavy atom. The van der Waals surface area contributed by atoms with Crippen molar-refractivity contribution in [3.05, 3.63) is 29.8 Å². The minimum Gasteiger partial charge on any atom is -0.469 e. The second-order valence-corrected chi connectivity index (χ2v) is 6.88. The minimum atomic E-state index is -3.77. The number of nitrogens with zero attached hydrogens (tertiary/aromatic N) is 1. The Balaban J connectivity index is 2.91. The summed E-state index contributed by atoms with van der Waals surface area (Å²) in [6, 6.07) is 5.87. The number of ether oxygens (including phenoxy) is 2. The molecule has 0 saturated carbocycles. The Bertz CT molecular complexity index is 672. The standard InChI is InChI=1S/C15H22N2O6S/c1-11(15(19)23-3)8-17(14(18)10-22-2)9-12-4-6-13(7-5-12)24(16,20)21/h4-7,11H,8-10H2,1-3H3,(H2,16,20,21). The zero-order chi connectivity index (χ0) is 18.3. The first-order valence-electron chi connectivity index (χ1n) is 7.15. The Morgan fingerprint density at radius 2 is 1.79 bits per heavy atom. The van der Waals surface area contributed by atoms with Gasteiger partial charge >= 0.3 is 5.97 Å². The highest BCUT2D eigenvalue weighted by Crippen LogP contribution is 2.13. The van der Waals surface area contributed by atoms with Crippen molar-refractivity contribution in [1.82, 2.24) is 4.90 Å². The molecule has 8 nitrogen and oxygen atoms in total. The fourth-order valence-electron chi connectivity index (χ4n) is 2.08. The maximum Gasteiger partial charge on any atom is 0.310 e. The van der Waals surface area contributed by atoms with Gasteiger partial charge in [-0.15, -0.1) is 0 Å². The fraction of sp³-hybridized carbons (Fsp3) is 0.467. The number of primary sulfonamides is 1. The van der Waals surface area contributed by atoms with E-state index in [2.05, 4.69) is 4.74 Å². The molecule has 2 N–H and O–H groups in total. The van der Waals surface area contributed by atoms with Crippen LogP contribution in [0.3, 0.4) is 0 Å². The lowest BCUT2D eigenvalue weighted by atomic mass is 10.1. The van der Waals surface area contributed by atoms with Gasteiger partial charge in [0.2, 0.25) is 15.9 Å². The number of carbonyl (C=O) groups excluding carboxylic acids is 2. The van der Waals surface area contributed by atoms with Crippen LogP contribution in [0.25, 0.3) is 0 Å². The van der Waals surface area contributed by atoms with Crippen molar-refractivity contribution >= 4 is 21.9 Å². The van der Waals surface area contributed by atoms with Gasteiger partial charge in [0.25, 0.3) is 0 Å². The molecule has 0 radical (unpaired) electrons. The normalized spacial score (nSPS) is 12.5. The maximum absolute atomic E-state index is 12.2. The first-order valence-corrected chi connectivity index (χ1v) is 8.70. The Labute approximate surface area is 141 Å². The highest BCUT2D eigenvalue weighted by atomic mass is 32.2. The van der Waals surface area contributed by atoms with Crippen LogP contribution in [0, 0.1) is 5.92 Å². The second-order valence-electron chi connectivity index (χ2n) is 5.32. The maximum atomic E-state index is 12.2. The summed E-state index contributed by atoms with van der Waals surface area (Å²) in [5.41, 5.74) is 0.698. The molecule has 24 heavy (non-hydrogen) atoms. The lowest BCUT2D eigenvalue weighted by molar-refractivity contribution is -0.147. The summed E-state index contributed by atoms with van der Waals surface area (Å²) in [5.74, 6) is -1.21. The molecular formula is C15H22N2O6S. The third kappa shape index (κ3) is 5.91. The number of sulfonamides is 1. The molecule has 0 aliphatic heterocycles. The summed E-state index contributed by atoms with van der Waals surface area (Å²) < 4.78 is 32.0. The van der Waals surface area contributed by atoms with Crippen molar-refractivity contribution in [2.24, 2.45) is 11.1 Å². The van der Waals surface area contributed by atoms with Crippen LogP contribution in [0.2, 0.25) is 0 Å². The molecule has 1 atom stereocenters. The number of rotatable bonds is 8. The SMILES string of the molecule is COCC(=O)N(Cc1ccc(S(N)(=O)=O)cc1)CC(C)C(=O)OC. The largest absolute Gasteiger partial charge is 0.469 e. The number of methoxy groups -OCH3 is 2. The molecule has 0 aliphatic carbocycles. The molecule has 1 aromatic carbocycles. The zero-order valence-corrected chi connectivity index (χ0v) is 14.7. The van der Waals surface area contributed by atoms with E-state index < -0.39 is 21.9 Å². The van der Waals surface area contributed by atoms with Crippen LogP contribution < -0.4 is 5.14 Å². The average Bonchev–Trinajstić information content (AvgIpc) is 2.53. The van der Waals surface area contributed by atoms with Crippen LogP contribution in [0.5, 0.6) is 0 Å². The molecule has 0 bridgehead atoms. The number of benzene rings is 1. The van der Waals surface area contributed by atoms with Crippen LogP contribution in [0.1, 0.15) is 12.5 Å². The number of nitrogens with two attached hydrogens (primary N) is 1. The fourth-order valence-corrected chi connectivity index (χ4v) is 2.60. The van der Waals surface area contributed by atoms with Crippen molar-refractivity contribution in [2.75, 3.05) is 27.4 Å². The quantitative estimate of drug-likeness (QED) is 0.660. The van der Waals surface area contributed by atoms with E-state index in [4.69, 9.17) is 9.88 Å². The summed E-state index contributed by atoms with van der Waals surface area (Å²) in [4.78, 5) is 25.2. The summed E-state index contributed by atoms with van der Waals surface area (Å²) >= 11 is 0. The van der Waals surface area contributed by atoms with Crippen molar-refractivity contribution in [3.8, 4) is 0 Å². The van der Waals surface area contributed by atoms with Crippen molar-refractivity contribution in [1.29, 1.82) is 0 Å². The monoisotopic (exact) mass is 358 g/mol. The molecule has 1 aromatic rings. The van der Waals surface area contributed by atoms with Gasteiger partial charge in [0.05, 0.1) is 17.9 Å². The molecule has 0 fully saturated rings. The van der Waals surface area contributed by atoms with E-state index in [1.54, 1.807) is 19.1 Å². The molecule has 0 saturated heterocycles. The van der Waals surface area contributed by atoms with Gasteiger partial charge in [0.1, 0.15) is 6.61 Å². The lowest BCUT2D eigenvalue weighted by Gasteiger charge is -2.25. The predicted molar refractivity (Wildman–Crippen MR) is 86.3 cm³/mol. The molecule has 0 heterocycles. The van der Waals surface area contributed by atoms with E-state index in [1.165, 1.54) is 31.3 Å². The Kier molecular flexibility index (Phi) is 7.33. The zero-order valence-electron chi connectivity index (χ0n) is 13.9. The molecule has 1 rings (SSSR count). The van der Waals surface area contributed by atoms with Crippen LogP contribution >= 0.6 is 0 Å². The van der Waals surface area contributed by atoms with Gasteiger partial charge in [0.15, 0.2) is 0 Å². The van der Waals surface area contributed by atoms with Gasteiger partial charge in [-0.2, -0.15) is 0 Å². The molecule has 1 unspecified atom stereocenters. The van der Waals surface area contributed by atoms with Gasteiger partial charge in [-0.25, -0.2) is 13.6 Å². The van der Waals surface area contributed by atoms with Gasteiger partial charge in [0, 0.05) is 20.2 Å².